The van der Waals surface area contributed by atoms with Crippen LogP contribution in [0.25, 0.3) is 0 Å². The summed E-state index contributed by atoms with van der Waals surface area (Å²) in [6, 6.07) is 7.78. The lowest BCUT2D eigenvalue weighted by Crippen LogP contribution is -2.33. The highest BCUT2D eigenvalue weighted by Gasteiger charge is 2.23. The summed E-state index contributed by atoms with van der Waals surface area (Å²) in [6.07, 6.45) is 0.717. The molecule has 1 aliphatic rings. The van der Waals surface area contributed by atoms with Gasteiger partial charge < -0.3 is 16.2 Å². The molecule has 0 atom stereocenters. The third-order valence-corrected chi connectivity index (χ3v) is 2.59. The Morgan fingerprint density at radius 1 is 1.12 bits per heavy atom. The topological polar surface area (TPSA) is 86.0 Å². The summed E-state index contributed by atoms with van der Waals surface area (Å²) in [5.74, 6) is 1.72. The normalized spacial score (nSPS) is 15.8. The van der Waals surface area contributed by atoms with Crippen LogP contribution in [0.3, 0.4) is 0 Å². The smallest absolute Gasteiger partial charge is 0.133 e. The Labute approximate surface area is 93.8 Å². The molecule has 0 fully saturated rings. The van der Waals surface area contributed by atoms with Crippen molar-refractivity contribution in [3.05, 3.63) is 29.8 Å². The van der Waals surface area contributed by atoms with Crippen molar-refractivity contribution < 1.29 is 4.74 Å². The number of hydrogen-bond acceptors (Lipinski definition) is 5. The van der Waals surface area contributed by atoms with E-state index >= 15 is 0 Å². The van der Waals surface area contributed by atoms with Gasteiger partial charge in [0.15, 0.2) is 0 Å². The first-order chi connectivity index (χ1) is 7.70. The van der Waals surface area contributed by atoms with Crippen molar-refractivity contribution in [3.63, 3.8) is 0 Å². The van der Waals surface area contributed by atoms with Crippen LogP contribution in [0.2, 0.25) is 0 Å². The van der Waals surface area contributed by atoms with E-state index in [1.165, 1.54) is 0 Å². The van der Waals surface area contributed by atoms with E-state index < -0.39 is 0 Å². The predicted octanol–water partition coefficient (Wildman–Crippen LogP) is 0.497. The summed E-state index contributed by atoms with van der Waals surface area (Å²) in [7, 11) is 1.64. The standard InChI is InChI=1S/C11H14N4O/c1-16-8-4-2-7(3-5-8)6-9-10(12)14-15-11(9)13/h2-5,9H,6H2,1H3,(H2,12,14)(H2,13,15). The molecule has 0 saturated carbocycles. The van der Waals surface area contributed by atoms with Gasteiger partial charge in [-0.2, -0.15) is 0 Å². The van der Waals surface area contributed by atoms with Gasteiger partial charge in [0.2, 0.25) is 0 Å². The SMILES string of the molecule is COc1ccc(CC2C(N)=NN=C2N)cc1. The van der Waals surface area contributed by atoms with Gasteiger partial charge in [0.1, 0.15) is 17.4 Å². The molecule has 5 heteroatoms. The van der Waals surface area contributed by atoms with Gasteiger partial charge in [-0.3, -0.25) is 0 Å². The van der Waals surface area contributed by atoms with Crippen molar-refractivity contribution in [3.8, 4) is 5.75 Å². The number of benzene rings is 1. The molecule has 1 aromatic carbocycles. The fourth-order valence-electron chi connectivity index (χ4n) is 1.61. The van der Waals surface area contributed by atoms with Gasteiger partial charge >= 0.3 is 0 Å². The number of hydrogen-bond donors (Lipinski definition) is 2. The zero-order valence-electron chi connectivity index (χ0n) is 9.05. The minimum Gasteiger partial charge on any atom is -0.497 e. The molecule has 1 aliphatic heterocycles. The van der Waals surface area contributed by atoms with Gasteiger partial charge in [-0.05, 0) is 24.1 Å². The van der Waals surface area contributed by atoms with Crippen LogP contribution in [0.1, 0.15) is 5.56 Å². The fourth-order valence-corrected chi connectivity index (χ4v) is 1.61. The number of nitrogens with zero attached hydrogens (tertiary/aromatic N) is 2. The van der Waals surface area contributed by atoms with Gasteiger partial charge in [0, 0.05) is 0 Å². The number of rotatable bonds is 3. The minimum atomic E-state index is -0.0756. The Morgan fingerprint density at radius 3 is 2.19 bits per heavy atom. The van der Waals surface area contributed by atoms with Gasteiger partial charge in [-0.15, -0.1) is 10.2 Å². The van der Waals surface area contributed by atoms with E-state index in [0.717, 1.165) is 11.3 Å². The molecule has 0 bridgehead atoms. The summed E-state index contributed by atoms with van der Waals surface area (Å²) >= 11 is 0. The Balaban J connectivity index is 2.09. The van der Waals surface area contributed by atoms with Crippen molar-refractivity contribution >= 4 is 11.7 Å². The molecule has 1 heterocycles. The fraction of sp³-hybridized carbons (Fsp3) is 0.273. The zero-order chi connectivity index (χ0) is 11.5. The van der Waals surface area contributed by atoms with E-state index in [0.29, 0.717) is 18.1 Å². The predicted molar refractivity (Wildman–Crippen MR) is 63.4 cm³/mol. The molecule has 5 nitrogen and oxygen atoms in total. The van der Waals surface area contributed by atoms with Crippen LogP contribution < -0.4 is 16.2 Å². The average molecular weight is 218 g/mol. The van der Waals surface area contributed by atoms with E-state index in [1.807, 2.05) is 24.3 Å². The van der Waals surface area contributed by atoms with E-state index in [9.17, 15) is 0 Å². The number of amidine groups is 2. The first-order valence-corrected chi connectivity index (χ1v) is 5.00. The Bertz CT molecular complexity index is 418. The molecule has 2 rings (SSSR count). The van der Waals surface area contributed by atoms with Crippen LogP contribution in [0.5, 0.6) is 5.75 Å². The van der Waals surface area contributed by atoms with Crippen molar-refractivity contribution in [1.29, 1.82) is 0 Å². The van der Waals surface area contributed by atoms with Crippen LogP contribution in [0.15, 0.2) is 34.5 Å². The maximum atomic E-state index is 5.70. The van der Waals surface area contributed by atoms with Crippen LogP contribution >= 0.6 is 0 Å². The lowest BCUT2D eigenvalue weighted by molar-refractivity contribution is 0.414. The Hall–Kier alpha value is -2.04. The number of nitrogens with two attached hydrogens (primary N) is 2. The monoisotopic (exact) mass is 218 g/mol. The highest BCUT2D eigenvalue weighted by molar-refractivity contribution is 6.07. The van der Waals surface area contributed by atoms with E-state index in [4.69, 9.17) is 16.2 Å². The number of methoxy groups -OCH3 is 1. The van der Waals surface area contributed by atoms with E-state index in [1.54, 1.807) is 7.11 Å². The van der Waals surface area contributed by atoms with Crippen molar-refractivity contribution in [2.24, 2.45) is 27.6 Å². The van der Waals surface area contributed by atoms with Crippen LogP contribution in [0.4, 0.5) is 0 Å². The molecule has 16 heavy (non-hydrogen) atoms. The lowest BCUT2D eigenvalue weighted by Gasteiger charge is -2.10. The quantitative estimate of drug-likeness (QED) is 0.774. The van der Waals surface area contributed by atoms with Crippen molar-refractivity contribution in [2.45, 2.75) is 6.42 Å². The second-order valence-corrected chi connectivity index (χ2v) is 3.65. The van der Waals surface area contributed by atoms with Gasteiger partial charge in [-0.25, -0.2) is 0 Å². The molecule has 0 aromatic heterocycles. The molecule has 0 amide bonds. The van der Waals surface area contributed by atoms with Crippen molar-refractivity contribution in [2.75, 3.05) is 7.11 Å². The summed E-state index contributed by atoms with van der Waals surface area (Å²) in [5, 5.41) is 7.52. The first-order valence-electron chi connectivity index (χ1n) is 5.00. The zero-order valence-corrected chi connectivity index (χ0v) is 9.05. The summed E-state index contributed by atoms with van der Waals surface area (Å²) in [6.45, 7) is 0. The van der Waals surface area contributed by atoms with Crippen LogP contribution in [0, 0.1) is 5.92 Å². The molecule has 4 N–H and O–H groups in total. The maximum Gasteiger partial charge on any atom is 0.133 e. The second kappa shape index (κ2) is 4.22. The van der Waals surface area contributed by atoms with E-state index in [-0.39, 0.29) is 5.92 Å². The highest BCUT2D eigenvalue weighted by atomic mass is 16.5. The maximum absolute atomic E-state index is 5.70. The molecule has 0 spiro atoms. The van der Waals surface area contributed by atoms with Crippen molar-refractivity contribution in [1.82, 2.24) is 0 Å². The molecule has 84 valence electrons. The minimum absolute atomic E-state index is 0.0756. The first kappa shape index (κ1) is 10.5. The molecule has 0 aliphatic carbocycles. The lowest BCUT2D eigenvalue weighted by atomic mass is 9.98. The summed E-state index contributed by atoms with van der Waals surface area (Å²) in [4.78, 5) is 0. The molecular formula is C11H14N4O. The molecule has 1 aromatic rings. The third-order valence-electron chi connectivity index (χ3n) is 2.59. The largest absolute Gasteiger partial charge is 0.497 e. The van der Waals surface area contributed by atoms with Crippen LogP contribution in [-0.2, 0) is 6.42 Å². The van der Waals surface area contributed by atoms with E-state index in [2.05, 4.69) is 10.2 Å². The van der Waals surface area contributed by atoms with Gasteiger partial charge in [-0.1, -0.05) is 12.1 Å². The Kier molecular flexibility index (Phi) is 2.76. The third kappa shape index (κ3) is 1.98. The second-order valence-electron chi connectivity index (χ2n) is 3.65. The number of ether oxygens (including phenoxy) is 1. The molecule has 0 saturated heterocycles. The molecule has 0 unspecified atom stereocenters. The van der Waals surface area contributed by atoms with Gasteiger partial charge in [0.05, 0.1) is 13.0 Å². The Morgan fingerprint density at radius 2 is 1.69 bits per heavy atom. The van der Waals surface area contributed by atoms with Gasteiger partial charge in [0.25, 0.3) is 0 Å². The summed E-state index contributed by atoms with van der Waals surface area (Å²) < 4.78 is 5.08. The molecule has 0 radical (unpaired) electrons. The van der Waals surface area contributed by atoms with Crippen LogP contribution in [-0.4, -0.2) is 18.8 Å². The highest BCUT2D eigenvalue weighted by Crippen LogP contribution is 2.17. The average Bonchev–Trinajstić information content (AvgIpc) is 2.62. The summed E-state index contributed by atoms with van der Waals surface area (Å²) in [5.41, 5.74) is 12.5. The molecular weight excluding hydrogens is 204 g/mol.